The zero-order valence-electron chi connectivity index (χ0n) is 18.9. The lowest BCUT2D eigenvalue weighted by Gasteiger charge is -2.24. The molecule has 0 aliphatic carbocycles. The highest BCUT2D eigenvalue weighted by Crippen LogP contribution is 2.22. The Balaban J connectivity index is 2.05. The predicted molar refractivity (Wildman–Crippen MR) is 125 cm³/mol. The van der Waals surface area contributed by atoms with Gasteiger partial charge in [0.2, 0.25) is 5.91 Å². The molecule has 0 unspecified atom stereocenters. The summed E-state index contributed by atoms with van der Waals surface area (Å²) in [6.07, 6.45) is 2.66. The van der Waals surface area contributed by atoms with Gasteiger partial charge in [0, 0.05) is 19.2 Å². The Kier molecular flexibility index (Phi) is 7.34. The molecule has 0 aliphatic heterocycles. The van der Waals surface area contributed by atoms with Crippen LogP contribution in [0.2, 0.25) is 0 Å². The number of nitrogen functional groups attached to an aromatic ring is 1. The van der Waals surface area contributed by atoms with E-state index in [-0.39, 0.29) is 41.4 Å². The largest absolute Gasteiger partial charge is 0.420 e. The maximum Gasteiger partial charge on any atom is 0.420 e. The number of nitro benzene ring substituents is 1. The molecule has 3 N–H and O–H groups in total. The average molecular weight is 474 g/mol. The lowest BCUT2D eigenvalue weighted by Crippen LogP contribution is -2.43. The molecule has 3 aromatic rings. The third kappa shape index (κ3) is 4.77. The van der Waals surface area contributed by atoms with Gasteiger partial charge in [0.15, 0.2) is 11.3 Å². The van der Waals surface area contributed by atoms with E-state index in [1.807, 2.05) is 13.8 Å². The van der Waals surface area contributed by atoms with Gasteiger partial charge in [-0.15, -0.1) is 0 Å². The van der Waals surface area contributed by atoms with Crippen LogP contribution in [0.4, 0.5) is 17.2 Å². The number of unbranched alkanes of at least 4 members (excludes halogenated alkanes) is 2. The number of H-pyrrole nitrogens is 1. The number of oxazole rings is 1. The highest BCUT2D eigenvalue weighted by Gasteiger charge is 2.26. The number of aromatic nitrogens is 3. The van der Waals surface area contributed by atoms with Gasteiger partial charge < -0.3 is 15.1 Å². The molecule has 1 aromatic carbocycles. The second-order valence-electron chi connectivity index (χ2n) is 7.76. The number of benzene rings is 1. The molecule has 2 aromatic heterocycles. The third-order valence-corrected chi connectivity index (χ3v) is 5.41. The smallest absolute Gasteiger partial charge is 0.407 e. The molecule has 0 fully saturated rings. The Hall–Kier alpha value is -4.16. The highest BCUT2D eigenvalue weighted by molar-refractivity contribution is 5.96. The number of nitro groups is 1. The normalized spacial score (nSPS) is 11.1. The van der Waals surface area contributed by atoms with Crippen LogP contribution >= 0.6 is 0 Å². The van der Waals surface area contributed by atoms with Crippen LogP contribution in [0.25, 0.3) is 11.1 Å². The van der Waals surface area contributed by atoms with Gasteiger partial charge in [-0.05, 0) is 18.9 Å². The highest BCUT2D eigenvalue weighted by atomic mass is 16.6. The van der Waals surface area contributed by atoms with Crippen LogP contribution in [-0.4, -0.2) is 31.5 Å². The standard InChI is InChI=1S/C21H26N6O7/c1-3-5-9-24(17-18(22)25(10-6-4-2)20(30)23-19(17)29)16(28)12-26-14-8-7-13(27(32)33)11-15(14)34-21(26)31/h7-8,11H,3-6,9-10,12,22H2,1-2H3,(H,23,29,30). The fourth-order valence-corrected chi connectivity index (χ4v) is 3.59. The number of carbonyl (C=O) groups excluding carboxylic acids is 1. The average Bonchev–Trinajstić information content (AvgIpc) is 3.09. The van der Waals surface area contributed by atoms with E-state index in [4.69, 9.17) is 10.2 Å². The van der Waals surface area contributed by atoms with Gasteiger partial charge in [-0.25, -0.2) is 9.59 Å². The minimum atomic E-state index is -0.880. The van der Waals surface area contributed by atoms with Crippen molar-refractivity contribution in [2.24, 2.45) is 0 Å². The SMILES string of the molecule is CCCCN(C(=O)Cn1c(=O)oc2cc([N+](=O)[O-])ccc21)c1c(N)n(CCCC)c(=O)[nH]c1=O. The van der Waals surface area contributed by atoms with E-state index in [2.05, 4.69) is 4.98 Å². The van der Waals surface area contributed by atoms with Gasteiger partial charge >= 0.3 is 11.4 Å². The lowest BCUT2D eigenvalue weighted by atomic mass is 10.2. The van der Waals surface area contributed by atoms with E-state index in [0.29, 0.717) is 19.3 Å². The van der Waals surface area contributed by atoms with Crippen LogP contribution in [0.5, 0.6) is 0 Å². The second-order valence-corrected chi connectivity index (χ2v) is 7.76. The molecule has 13 heteroatoms. The zero-order valence-corrected chi connectivity index (χ0v) is 18.9. The molecule has 0 bridgehead atoms. The summed E-state index contributed by atoms with van der Waals surface area (Å²) in [5.41, 5.74) is 4.42. The summed E-state index contributed by atoms with van der Waals surface area (Å²) in [7, 11) is 0. The number of fused-ring (bicyclic) bond motifs is 1. The number of hydrogen-bond donors (Lipinski definition) is 2. The van der Waals surface area contributed by atoms with E-state index in [0.717, 1.165) is 22.0 Å². The van der Waals surface area contributed by atoms with Crippen molar-refractivity contribution >= 4 is 34.2 Å². The molecule has 13 nitrogen and oxygen atoms in total. The quantitative estimate of drug-likeness (QED) is 0.328. The molecule has 0 radical (unpaired) electrons. The predicted octanol–water partition coefficient (Wildman–Crippen LogP) is 1.57. The number of hydrogen-bond acceptors (Lipinski definition) is 8. The monoisotopic (exact) mass is 474 g/mol. The first-order valence-corrected chi connectivity index (χ1v) is 10.9. The van der Waals surface area contributed by atoms with Gasteiger partial charge in [-0.2, -0.15) is 0 Å². The Morgan fingerprint density at radius 3 is 2.53 bits per heavy atom. The van der Waals surface area contributed by atoms with Crippen LogP contribution in [0.1, 0.15) is 39.5 Å². The van der Waals surface area contributed by atoms with Crippen molar-refractivity contribution in [2.75, 3.05) is 17.2 Å². The molecular formula is C21H26N6O7. The van der Waals surface area contributed by atoms with Gasteiger partial charge in [0.25, 0.3) is 11.2 Å². The molecule has 34 heavy (non-hydrogen) atoms. The molecular weight excluding hydrogens is 448 g/mol. The minimum absolute atomic E-state index is 0.0439. The summed E-state index contributed by atoms with van der Waals surface area (Å²) in [6.45, 7) is 3.74. The number of amides is 1. The van der Waals surface area contributed by atoms with Gasteiger partial charge in [0.1, 0.15) is 12.4 Å². The third-order valence-electron chi connectivity index (χ3n) is 5.41. The first-order valence-electron chi connectivity index (χ1n) is 10.9. The van der Waals surface area contributed by atoms with E-state index >= 15 is 0 Å². The Morgan fingerprint density at radius 2 is 1.88 bits per heavy atom. The van der Waals surface area contributed by atoms with Crippen LogP contribution < -0.4 is 27.6 Å². The minimum Gasteiger partial charge on any atom is -0.407 e. The van der Waals surface area contributed by atoms with Gasteiger partial charge in [-0.3, -0.25) is 33.8 Å². The number of non-ortho nitro benzene ring substituents is 1. The molecule has 0 aliphatic rings. The van der Waals surface area contributed by atoms with Crippen LogP contribution in [0, 0.1) is 10.1 Å². The molecule has 182 valence electrons. The summed E-state index contributed by atoms with van der Waals surface area (Å²) < 4.78 is 7.32. The van der Waals surface area contributed by atoms with Crippen LogP contribution in [0.3, 0.4) is 0 Å². The van der Waals surface area contributed by atoms with Crippen molar-refractivity contribution < 1.29 is 14.1 Å². The van der Waals surface area contributed by atoms with Crippen LogP contribution in [-0.2, 0) is 17.9 Å². The Morgan fingerprint density at radius 1 is 1.18 bits per heavy atom. The number of nitrogens with zero attached hydrogens (tertiary/aromatic N) is 4. The summed E-state index contributed by atoms with van der Waals surface area (Å²) in [6, 6.07) is 3.60. The Bertz CT molecular complexity index is 1400. The second kappa shape index (κ2) is 10.2. The molecule has 0 saturated carbocycles. The number of nitrogens with two attached hydrogens (primary N) is 1. The van der Waals surface area contributed by atoms with Crippen molar-refractivity contribution in [3.63, 3.8) is 0 Å². The maximum absolute atomic E-state index is 13.3. The molecule has 0 atom stereocenters. The number of aromatic amines is 1. The topological polar surface area (TPSA) is 179 Å². The molecule has 1 amide bonds. The molecule has 2 heterocycles. The first kappa shape index (κ1) is 24.5. The van der Waals surface area contributed by atoms with Crippen molar-refractivity contribution in [1.82, 2.24) is 14.1 Å². The van der Waals surface area contributed by atoms with Gasteiger partial charge in [-0.1, -0.05) is 26.7 Å². The maximum atomic E-state index is 13.3. The van der Waals surface area contributed by atoms with Crippen molar-refractivity contribution in [2.45, 2.75) is 52.6 Å². The number of rotatable bonds is 10. The lowest BCUT2D eigenvalue weighted by molar-refractivity contribution is -0.384. The summed E-state index contributed by atoms with van der Waals surface area (Å²) in [5.74, 6) is -1.64. The van der Waals surface area contributed by atoms with E-state index in [1.165, 1.54) is 16.7 Å². The molecule has 0 spiro atoms. The summed E-state index contributed by atoms with van der Waals surface area (Å²) >= 11 is 0. The van der Waals surface area contributed by atoms with E-state index in [9.17, 15) is 29.3 Å². The number of carbonyl (C=O) groups is 1. The fourth-order valence-electron chi connectivity index (χ4n) is 3.59. The van der Waals surface area contributed by atoms with E-state index in [1.54, 1.807) is 0 Å². The summed E-state index contributed by atoms with van der Waals surface area (Å²) in [4.78, 5) is 64.4. The zero-order chi connectivity index (χ0) is 25.0. The Labute approximate surface area is 192 Å². The van der Waals surface area contributed by atoms with Gasteiger partial charge in [0.05, 0.1) is 16.5 Å². The number of nitrogens with one attached hydrogen (secondary N) is 1. The molecule has 3 rings (SSSR count). The van der Waals surface area contributed by atoms with Crippen LogP contribution in [0.15, 0.2) is 37.0 Å². The fraction of sp³-hybridized carbons (Fsp3) is 0.429. The van der Waals surface area contributed by atoms with Crippen molar-refractivity contribution in [3.05, 3.63) is 59.7 Å². The van der Waals surface area contributed by atoms with E-state index < -0.39 is 34.4 Å². The molecule has 0 saturated heterocycles. The number of anilines is 2. The van der Waals surface area contributed by atoms with Crippen molar-refractivity contribution in [3.8, 4) is 0 Å². The summed E-state index contributed by atoms with van der Waals surface area (Å²) in [5, 5.41) is 11.0. The van der Waals surface area contributed by atoms with Crippen molar-refractivity contribution in [1.29, 1.82) is 0 Å². The first-order chi connectivity index (χ1) is 16.2.